The number of aliphatic hydroxyl groups excluding tert-OH is 3. The number of carbonyl (C=O) groups excluding carboxylic acids is 1. The summed E-state index contributed by atoms with van der Waals surface area (Å²) in [5, 5.41) is 71.8. The summed E-state index contributed by atoms with van der Waals surface area (Å²) >= 11 is 0. The zero-order chi connectivity index (χ0) is 39.7. The van der Waals surface area contributed by atoms with Crippen LogP contribution in [0.15, 0.2) is 5.16 Å². The number of aliphatic hydroxyl groups is 5. The molecule has 0 spiro atoms. The Morgan fingerprint density at radius 1 is 0.923 bits per heavy atom. The van der Waals surface area contributed by atoms with Gasteiger partial charge in [0, 0.05) is 37.3 Å². The second kappa shape index (κ2) is 17.5. The second-order valence-corrected chi connectivity index (χ2v) is 16.6. The summed E-state index contributed by atoms with van der Waals surface area (Å²) in [6.45, 7) is 16.6. The van der Waals surface area contributed by atoms with E-state index in [0.717, 1.165) is 0 Å². The Morgan fingerprint density at radius 2 is 1.54 bits per heavy atom. The van der Waals surface area contributed by atoms with Gasteiger partial charge in [0.2, 0.25) is 0 Å². The van der Waals surface area contributed by atoms with Crippen molar-refractivity contribution in [1.29, 1.82) is 0 Å². The van der Waals surface area contributed by atoms with Crippen LogP contribution >= 0.6 is 0 Å². The number of oxime groups is 1. The van der Waals surface area contributed by atoms with Crippen LogP contribution in [0.2, 0.25) is 0 Å². The van der Waals surface area contributed by atoms with Crippen molar-refractivity contribution < 1.29 is 64.0 Å². The number of cyclic esters (lactones) is 1. The molecule has 15 heteroatoms. The van der Waals surface area contributed by atoms with E-state index >= 15 is 0 Å². The van der Waals surface area contributed by atoms with Crippen molar-refractivity contribution in [2.45, 2.75) is 179 Å². The van der Waals surface area contributed by atoms with Gasteiger partial charge in [0.05, 0.1) is 53.4 Å². The Hall–Kier alpha value is -1.50. The van der Waals surface area contributed by atoms with Crippen LogP contribution in [0.3, 0.4) is 0 Å². The van der Waals surface area contributed by atoms with Gasteiger partial charge in [0.25, 0.3) is 0 Å². The number of rotatable bonds is 7. The maximum Gasteiger partial charge on any atom is 0.311 e. The lowest BCUT2D eigenvalue weighted by atomic mass is 9.73. The predicted octanol–water partition coefficient (Wildman–Crippen LogP) is 2.05. The molecule has 304 valence electrons. The predicted molar refractivity (Wildman–Crippen MR) is 190 cm³/mol. The highest BCUT2D eigenvalue weighted by molar-refractivity contribution is 5.88. The van der Waals surface area contributed by atoms with Crippen molar-refractivity contribution in [2.24, 2.45) is 28.8 Å². The first-order valence-corrected chi connectivity index (χ1v) is 18.7. The van der Waals surface area contributed by atoms with Crippen LogP contribution in [0.4, 0.5) is 0 Å². The van der Waals surface area contributed by atoms with E-state index in [1.807, 2.05) is 25.9 Å². The summed E-state index contributed by atoms with van der Waals surface area (Å²) in [6.07, 6.45) is -9.51. The third-order valence-electron chi connectivity index (χ3n) is 12.0. The highest BCUT2D eigenvalue weighted by atomic mass is 16.7. The number of ether oxygens (including phenoxy) is 6. The van der Waals surface area contributed by atoms with E-state index in [2.05, 4.69) is 5.16 Å². The maximum atomic E-state index is 14.1. The van der Waals surface area contributed by atoms with Crippen molar-refractivity contribution in [3.63, 3.8) is 0 Å². The molecule has 3 aliphatic rings. The first-order valence-electron chi connectivity index (χ1n) is 18.7. The van der Waals surface area contributed by atoms with Crippen molar-refractivity contribution in [1.82, 2.24) is 4.90 Å². The van der Waals surface area contributed by atoms with Crippen LogP contribution in [0, 0.1) is 23.7 Å². The second-order valence-electron chi connectivity index (χ2n) is 16.6. The molecule has 0 aromatic carbocycles. The molecular weight excluding hydrogens is 680 g/mol. The van der Waals surface area contributed by atoms with Crippen LogP contribution in [-0.2, 0) is 33.2 Å². The number of esters is 1. The van der Waals surface area contributed by atoms with Crippen LogP contribution in [0.25, 0.3) is 0 Å². The molecule has 0 radical (unpaired) electrons. The zero-order valence-electron chi connectivity index (χ0n) is 33.4. The van der Waals surface area contributed by atoms with Gasteiger partial charge < -0.3 is 64.1 Å². The van der Waals surface area contributed by atoms with Gasteiger partial charge in [0.15, 0.2) is 12.6 Å². The van der Waals surface area contributed by atoms with Gasteiger partial charge in [-0.25, -0.2) is 0 Å². The van der Waals surface area contributed by atoms with Gasteiger partial charge in [-0.05, 0) is 74.9 Å². The summed E-state index contributed by atoms with van der Waals surface area (Å²) in [7, 11) is 5.19. The standard InChI is InChI=1S/C37H68N2O13/c1-14-25-37(10,45)30(41)20(4)27(38-46)18(2)16-35(8,44)32(52-34-28(40)24(39(11)12)15-19(3)48-34)21(5)29(22(6)33(43)50-25)51-26-17-36(9,47-13)31(42)23(7)49-26/h18-26,28-32,34,40-42,44-46H,14-17H2,1-13H3/b38-27+/t18-,19+,20+,21+,22+,23+,24-,25+,26+,28+,29+,30+,31+,32-,34-,35+,36-,37-/m0/s1. The molecule has 3 rings (SSSR count). The third-order valence-corrected chi connectivity index (χ3v) is 12.0. The Kier molecular flexibility index (Phi) is 15.1. The first-order chi connectivity index (χ1) is 24.0. The summed E-state index contributed by atoms with van der Waals surface area (Å²) in [4.78, 5) is 16.0. The monoisotopic (exact) mass is 748 g/mol. The quantitative estimate of drug-likeness (QED) is 0.125. The van der Waals surface area contributed by atoms with Crippen molar-refractivity contribution in [3.05, 3.63) is 0 Å². The van der Waals surface area contributed by atoms with Crippen molar-refractivity contribution >= 4 is 11.7 Å². The molecule has 3 heterocycles. The minimum atomic E-state index is -1.97. The molecule has 15 nitrogen and oxygen atoms in total. The fourth-order valence-electron chi connectivity index (χ4n) is 8.61. The van der Waals surface area contributed by atoms with Crippen molar-refractivity contribution in [2.75, 3.05) is 21.2 Å². The summed E-state index contributed by atoms with van der Waals surface area (Å²) in [5.41, 5.74) is -4.68. The molecule has 52 heavy (non-hydrogen) atoms. The zero-order valence-corrected chi connectivity index (χ0v) is 33.4. The van der Waals surface area contributed by atoms with E-state index in [1.165, 1.54) is 14.0 Å². The number of hydrogen-bond acceptors (Lipinski definition) is 15. The average molecular weight is 749 g/mol. The average Bonchev–Trinajstić information content (AvgIpc) is 3.06. The number of carbonyl (C=O) groups is 1. The highest BCUT2D eigenvalue weighted by Crippen LogP contribution is 2.41. The van der Waals surface area contributed by atoms with Gasteiger partial charge in [0.1, 0.15) is 23.9 Å². The fourth-order valence-corrected chi connectivity index (χ4v) is 8.61. The molecule has 0 amide bonds. The van der Waals surface area contributed by atoms with E-state index in [9.17, 15) is 35.5 Å². The van der Waals surface area contributed by atoms with Gasteiger partial charge in [-0.15, -0.1) is 0 Å². The molecular formula is C37H68N2O13. The summed E-state index contributed by atoms with van der Waals surface area (Å²) in [5.74, 6) is -4.24. The van der Waals surface area contributed by atoms with E-state index in [1.54, 1.807) is 55.4 Å². The largest absolute Gasteiger partial charge is 0.459 e. The van der Waals surface area contributed by atoms with Crippen LogP contribution < -0.4 is 0 Å². The van der Waals surface area contributed by atoms with Gasteiger partial charge in [-0.3, -0.25) is 4.79 Å². The Morgan fingerprint density at radius 3 is 2.08 bits per heavy atom. The molecule has 0 saturated carbocycles. The highest BCUT2D eigenvalue weighted by Gasteiger charge is 2.53. The molecule has 0 aromatic heterocycles. The number of hydrogen-bond donors (Lipinski definition) is 6. The molecule has 3 saturated heterocycles. The number of methoxy groups -OCH3 is 1. The van der Waals surface area contributed by atoms with Gasteiger partial charge in [-0.1, -0.05) is 32.9 Å². The minimum Gasteiger partial charge on any atom is -0.459 e. The Bertz CT molecular complexity index is 1200. The summed E-state index contributed by atoms with van der Waals surface area (Å²) in [6, 6.07) is -0.322. The molecule has 0 aromatic rings. The number of nitrogens with zero attached hydrogens (tertiary/aromatic N) is 2. The van der Waals surface area contributed by atoms with Crippen LogP contribution in [0.5, 0.6) is 0 Å². The first kappa shape index (κ1) is 44.9. The molecule has 0 bridgehead atoms. The van der Waals surface area contributed by atoms with Crippen molar-refractivity contribution in [3.8, 4) is 0 Å². The Balaban J connectivity index is 2.21. The number of likely N-dealkylation sites (N-methyl/N-ethyl adjacent to an activating group) is 1. The van der Waals surface area contributed by atoms with E-state index < -0.39 is 102 Å². The van der Waals surface area contributed by atoms with E-state index in [4.69, 9.17) is 28.4 Å². The molecule has 0 aliphatic carbocycles. The maximum absolute atomic E-state index is 14.1. The molecule has 18 atom stereocenters. The molecule has 3 aliphatic heterocycles. The van der Waals surface area contributed by atoms with E-state index in [0.29, 0.717) is 6.42 Å². The lowest BCUT2D eigenvalue weighted by Crippen LogP contribution is -2.61. The third kappa shape index (κ3) is 9.47. The topological polar surface area (TPSA) is 209 Å². The smallest absolute Gasteiger partial charge is 0.311 e. The Labute approximate surface area is 309 Å². The normalized spacial score (nSPS) is 49.8. The molecule has 6 N–H and O–H groups in total. The summed E-state index contributed by atoms with van der Waals surface area (Å²) < 4.78 is 37.2. The SMILES string of the molecule is CC[C@H]1OC(=O)[C@H](C)[C@H](O[C@@H]2C[C@](C)(OC)[C@H](O)[C@@H](C)O2)[C@@H](C)[C@H](O[C@@H]2O[C@H](C)C[C@H](N(C)C)[C@H]2O)[C@](C)(O)C[C@H](C)/C(=N\O)[C@@H](C)[C@@H](O)[C@@]1(C)O. The minimum absolute atomic E-state index is 0.0657. The van der Waals surface area contributed by atoms with Gasteiger partial charge in [-0.2, -0.15) is 0 Å². The fraction of sp³-hybridized carbons (Fsp3) is 0.946. The molecule has 3 fully saturated rings. The molecule has 0 unspecified atom stereocenters. The lowest BCUT2D eigenvalue weighted by molar-refractivity contribution is -0.317. The lowest BCUT2D eigenvalue weighted by Gasteiger charge is -2.49. The van der Waals surface area contributed by atoms with E-state index in [-0.39, 0.29) is 37.1 Å². The van der Waals surface area contributed by atoms with Crippen LogP contribution in [-0.4, -0.2) is 153 Å². The van der Waals surface area contributed by atoms with Gasteiger partial charge >= 0.3 is 5.97 Å². The van der Waals surface area contributed by atoms with Crippen LogP contribution in [0.1, 0.15) is 94.9 Å².